The number of hydrogen-bond donors (Lipinski definition) is 0. The summed E-state index contributed by atoms with van der Waals surface area (Å²) in [5.74, 6) is 0. The molecule has 1 heteroatoms. The summed E-state index contributed by atoms with van der Waals surface area (Å²) in [6.07, 6.45) is 8.78. The molecule has 66 valence electrons. The van der Waals surface area contributed by atoms with Crippen molar-refractivity contribution >= 4 is 14.7 Å². The minimum atomic E-state index is 0.816. The quantitative estimate of drug-likeness (QED) is 0.492. The van der Waals surface area contributed by atoms with Crippen molar-refractivity contribution in [2.24, 2.45) is 0 Å². The maximum Gasteiger partial charge on any atom is 0.0884 e. The van der Waals surface area contributed by atoms with Crippen LogP contribution in [0.4, 0.5) is 0 Å². The van der Waals surface area contributed by atoms with E-state index < -0.39 is 0 Å². The Balaban J connectivity index is 1.98. The van der Waals surface area contributed by atoms with Gasteiger partial charge in [-0.1, -0.05) is 47.7 Å². The van der Waals surface area contributed by atoms with Gasteiger partial charge in [0.05, 0.1) is 9.52 Å². The Bertz CT molecular complexity index is 276. The summed E-state index contributed by atoms with van der Waals surface area (Å²) in [5, 5.41) is 1.50. The molecule has 0 N–H and O–H groups in total. The molecule has 1 aromatic rings. The number of rotatable bonds is 2. The van der Waals surface area contributed by atoms with Crippen LogP contribution in [-0.2, 0) is 0 Å². The molecule has 2 radical (unpaired) electrons. The van der Waals surface area contributed by atoms with Gasteiger partial charge in [0.2, 0.25) is 0 Å². The normalized spacial score (nSPS) is 21.7. The van der Waals surface area contributed by atoms with Crippen LogP contribution in [0.5, 0.6) is 0 Å². The minimum Gasteiger partial charge on any atom is -0.0886 e. The van der Waals surface area contributed by atoms with Crippen molar-refractivity contribution < 1.29 is 0 Å². The fourth-order valence-electron chi connectivity index (χ4n) is 1.68. The first kappa shape index (κ1) is 8.76. The number of hydrogen-bond acceptors (Lipinski definition) is 0. The lowest BCUT2D eigenvalue weighted by Gasteiger charge is -2.14. The van der Waals surface area contributed by atoms with E-state index in [4.69, 9.17) is 0 Å². The van der Waals surface area contributed by atoms with Gasteiger partial charge in [-0.2, -0.15) is 0 Å². The zero-order valence-corrected chi connectivity index (χ0v) is 8.74. The van der Waals surface area contributed by atoms with E-state index in [1.165, 1.54) is 24.4 Å². The predicted octanol–water partition coefficient (Wildman–Crippen LogP) is 2.54. The fraction of sp³-hybridized carbons (Fsp3) is 0.333. The molecule has 0 saturated carbocycles. The Labute approximate surface area is 82.5 Å². The molecular formula is C12H14Si. The number of benzene rings is 1. The Morgan fingerprint density at radius 3 is 2.69 bits per heavy atom. The van der Waals surface area contributed by atoms with Crippen molar-refractivity contribution in [2.75, 3.05) is 0 Å². The number of allylic oxidation sites excluding steroid dienone is 2. The van der Waals surface area contributed by atoms with Gasteiger partial charge < -0.3 is 0 Å². The van der Waals surface area contributed by atoms with Crippen molar-refractivity contribution in [3.05, 3.63) is 42.5 Å². The zero-order valence-electron chi connectivity index (χ0n) is 7.74. The third-order valence-electron chi connectivity index (χ3n) is 2.38. The standard InChI is InChI=1S/C12H14Si/c1-3-7-11(8-4-1)13-12-9-5-2-6-10-12/h1,3-5,7-9,12H,2,6,10H2. The van der Waals surface area contributed by atoms with Gasteiger partial charge >= 0.3 is 0 Å². The fourth-order valence-corrected chi connectivity index (χ4v) is 3.07. The second kappa shape index (κ2) is 4.42. The van der Waals surface area contributed by atoms with E-state index in [0.29, 0.717) is 0 Å². The Kier molecular flexibility index (Phi) is 2.98. The first-order valence-electron chi connectivity index (χ1n) is 4.93. The first-order valence-corrected chi connectivity index (χ1v) is 6.01. The molecule has 0 aromatic heterocycles. The SMILES string of the molecule is C1=CC([Si]c2ccccc2)CCC1. The van der Waals surface area contributed by atoms with Crippen molar-refractivity contribution in [1.29, 1.82) is 0 Å². The van der Waals surface area contributed by atoms with Crippen LogP contribution in [0.15, 0.2) is 42.5 Å². The van der Waals surface area contributed by atoms with E-state index in [0.717, 1.165) is 15.1 Å². The average molecular weight is 186 g/mol. The lowest BCUT2D eigenvalue weighted by atomic mass is 10.1. The largest absolute Gasteiger partial charge is 0.0886 e. The molecule has 0 saturated heterocycles. The average Bonchev–Trinajstić information content (AvgIpc) is 2.21. The van der Waals surface area contributed by atoms with Crippen LogP contribution >= 0.6 is 0 Å². The van der Waals surface area contributed by atoms with Crippen molar-refractivity contribution in [3.63, 3.8) is 0 Å². The summed E-state index contributed by atoms with van der Waals surface area (Å²) >= 11 is 0. The van der Waals surface area contributed by atoms with Crippen LogP contribution in [0.1, 0.15) is 19.3 Å². The molecule has 1 aromatic carbocycles. The highest BCUT2D eigenvalue weighted by Gasteiger charge is 2.09. The highest BCUT2D eigenvalue weighted by molar-refractivity contribution is 6.55. The van der Waals surface area contributed by atoms with Crippen LogP contribution in [0.25, 0.3) is 0 Å². The summed E-state index contributed by atoms with van der Waals surface area (Å²) in [6.45, 7) is 0. The maximum atomic E-state index is 2.40. The highest BCUT2D eigenvalue weighted by Crippen LogP contribution is 2.20. The van der Waals surface area contributed by atoms with Crippen LogP contribution in [-0.4, -0.2) is 9.52 Å². The van der Waals surface area contributed by atoms with Crippen molar-refractivity contribution in [3.8, 4) is 0 Å². The molecule has 1 atom stereocenters. The zero-order chi connectivity index (χ0) is 8.93. The lowest BCUT2D eigenvalue weighted by Crippen LogP contribution is -2.18. The second-order valence-corrected chi connectivity index (χ2v) is 5.08. The van der Waals surface area contributed by atoms with E-state index in [9.17, 15) is 0 Å². The summed E-state index contributed by atoms with van der Waals surface area (Å²) < 4.78 is 0. The van der Waals surface area contributed by atoms with Gasteiger partial charge in [-0.05, 0) is 24.8 Å². The van der Waals surface area contributed by atoms with Gasteiger partial charge in [0, 0.05) is 0 Å². The topological polar surface area (TPSA) is 0 Å². The van der Waals surface area contributed by atoms with Crippen molar-refractivity contribution in [1.82, 2.24) is 0 Å². The molecule has 0 amide bonds. The summed E-state index contributed by atoms with van der Waals surface area (Å²) in [7, 11) is 0.967. The molecule has 2 rings (SSSR count). The lowest BCUT2D eigenvalue weighted by molar-refractivity contribution is 0.726. The van der Waals surface area contributed by atoms with Gasteiger partial charge in [-0.15, -0.1) is 0 Å². The first-order chi connectivity index (χ1) is 6.45. The summed E-state index contributed by atoms with van der Waals surface area (Å²) in [5.41, 5.74) is 0.816. The van der Waals surface area contributed by atoms with Crippen LogP contribution < -0.4 is 5.19 Å². The van der Waals surface area contributed by atoms with Gasteiger partial charge in [0.25, 0.3) is 0 Å². The molecule has 0 nitrogen and oxygen atoms in total. The Morgan fingerprint density at radius 2 is 2.00 bits per heavy atom. The molecule has 0 fully saturated rings. The van der Waals surface area contributed by atoms with Crippen LogP contribution in [0.3, 0.4) is 0 Å². The van der Waals surface area contributed by atoms with E-state index in [1.807, 2.05) is 0 Å². The van der Waals surface area contributed by atoms with Crippen LogP contribution in [0.2, 0.25) is 5.54 Å². The molecule has 0 heterocycles. The Morgan fingerprint density at radius 1 is 1.15 bits per heavy atom. The van der Waals surface area contributed by atoms with Crippen molar-refractivity contribution in [2.45, 2.75) is 24.8 Å². The summed E-state index contributed by atoms with van der Waals surface area (Å²) in [6, 6.07) is 10.8. The molecule has 13 heavy (non-hydrogen) atoms. The summed E-state index contributed by atoms with van der Waals surface area (Å²) in [4.78, 5) is 0. The van der Waals surface area contributed by atoms with Gasteiger partial charge in [0.15, 0.2) is 0 Å². The molecule has 0 spiro atoms. The van der Waals surface area contributed by atoms with Crippen LogP contribution in [0, 0.1) is 0 Å². The predicted molar refractivity (Wildman–Crippen MR) is 58.6 cm³/mol. The van der Waals surface area contributed by atoms with E-state index in [2.05, 4.69) is 42.5 Å². The molecule has 1 aliphatic rings. The molecular weight excluding hydrogens is 172 g/mol. The van der Waals surface area contributed by atoms with E-state index in [1.54, 1.807) is 0 Å². The molecule has 1 unspecified atom stereocenters. The van der Waals surface area contributed by atoms with Gasteiger partial charge in [0.1, 0.15) is 0 Å². The minimum absolute atomic E-state index is 0.816. The third kappa shape index (κ3) is 2.56. The Hall–Kier alpha value is -0.823. The third-order valence-corrected chi connectivity index (χ3v) is 3.90. The maximum absolute atomic E-state index is 2.40. The van der Waals surface area contributed by atoms with E-state index >= 15 is 0 Å². The van der Waals surface area contributed by atoms with E-state index in [-0.39, 0.29) is 0 Å². The molecule has 1 aliphatic carbocycles. The highest BCUT2D eigenvalue weighted by atomic mass is 28.2. The molecule has 0 bridgehead atoms. The molecule has 0 aliphatic heterocycles. The second-order valence-electron chi connectivity index (χ2n) is 3.48. The van der Waals surface area contributed by atoms with Gasteiger partial charge in [-0.25, -0.2) is 0 Å². The monoisotopic (exact) mass is 186 g/mol. The van der Waals surface area contributed by atoms with Gasteiger partial charge in [-0.3, -0.25) is 0 Å². The smallest absolute Gasteiger partial charge is 0.0884 e.